The van der Waals surface area contributed by atoms with Crippen molar-refractivity contribution in [1.82, 2.24) is 14.9 Å². The van der Waals surface area contributed by atoms with Crippen LogP contribution in [0, 0.1) is 6.92 Å². The fraction of sp³-hybridized carbons (Fsp3) is 0.353. The number of aromatic nitrogens is 2. The predicted octanol–water partition coefficient (Wildman–Crippen LogP) is 2.20. The van der Waals surface area contributed by atoms with Crippen LogP contribution >= 0.6 is 0 Å². The summed E-state index contributed by atoms with van der Waals surface area (Å²) in [6.07, 6.45) is 2.35. The van der Waals surface area contributed by atoms with Gasteiger partial charge in [0.2, 0.25) is 12.7 Å². The summed E-state index contributed by atoms with van der Waals surface area (Å²) in [6, 6.07) is 6.89. The van der Waals surface area contributed by atoms with Gasteiger partial charge in [-0.05, 0) is 19.1 Å². The first-order valence-corrected chi connectivity index (χ1v) is 8.09. The number of nitrogens with one attached hydrogen (secondary N) is 1. The molecule has 1 N–H and O–H groups in total. The second kappa shape index (κ2) is 6.46. The molecule has 1 aromatic heterocycles. The van der Waals surface area contributed by atoms with E-state index in [1.165, 1.54) is 0 Å². The van der Waals surface area contributed by atoms with E-state index in [9.17, 15) is 4.79 Å². The molecule has 130 valence electrons. The molecule has 1 saturated heterocycles. The number of urea groups is 1. The molecule has 0 radical (unpaired) electrons. The minimum absolute atomic E-state index is 0.0724. The van der Waals surface area contributed by atoms with Crippen molar-refractivity contribution < 1.29 is 19.0 Å². The lowest BCUT2D eigenvalue weighted by atomic mass is 10.3. The average Bonchev–Trinajstić information content (AvgIpc) is 3.23. The first-order valence-electron chi connectivity index (χ1n) is 8.09. The zero-order chi connectivity index (χ0) is 17.2. The second-order valence-corrected chi connectivity index (χ2v) is 5.91. The Kier molecular flexibility index (Phi) is 4.01. The largest absolute Gasteiger partial charge is 0.472 e. The van der Waals surface area contributed by atoms with Gasteiger partial charge >= 0.3 is 6.03 Å². The van der Waals surface area contributed by atoms with Crippen LogP contribution in [0.1, 0.15) is 12.2 Å². The summed E-state index contributed by atoms with van der Waals surface area (Å²) < 4.78 is 16.4. The first-order chi connectivity index (χ1) is 12.2. The third-order valence-electron chi connectivity index (χ3n) is 4.09. The minimum Gasteiger partial charge on any atom is -0.472 e. The highest BCUT2D eigenvalue weighted by Gasteiger charge is 2.28. The van der Waals surface area contributed by atoms with Crippen molar-refractivity contribution in [2.24, 2.45) is 0 Å². The molecule has 4 rings (SSSR count). The molecule has 2 aromatic rings. The van der Waals surface area contributed by atoms with Gasteiger partial charge in [0.05, 0.1) is 6.54 Å². The highest BCUT2D eigenvalue weighted by Crippen LogP contribution is 2.34. The molecular formula is C17H18N4O4. The summed E-state index contributed by atoms with van der Waals surface area (Å²) >= 11 is 0. The number of hydrogen-bond donors (Lipinski definition) is 1. The van der Waals surface area contributed by atoms with Crippen LogP contribution in [0.15, 0.2) is 30.5 Å². The number of nitrogens with zero attached hydrogens (tertiary/aromatic N) is 3. The summed E-state index contributed by atoms with van der Waals surface area (Å²) in [6.45, 7) is 3.16. The molecule has 3 heterocycles. The number of carbonyl (C=O) groups is 1. The van der Waals surface area contributed by atoms with Gasteiger partial charge in [-0.15, -0.1) is 0 Å². The summed E-state index contributed by atoms with van der Waals surface area (Å²) in [5, 5.41) is 2.88. The van der Waals surface area contributed by atoms with Gasteiger partial charge in [0.1, 0.15) is 11.9 Å². The molecule has 25 heavy (non-hydrogen) atoms. The molecule has 1 atom stereocenters. The Hall–Kier alpha value is -3.03. The van der Waals surface area contributed by atoms with Crippen molar-refractivity contribution in [3.05, 3.63) is 36.3 Å². The van der Waals surface area contributed by atoms with E-state index in [0.29, 0.717) is 42.0 Å². The Morgan fingerprint density at radius 3 is 3.08 bits per heavy atom. The molecule has 0 unspecified atom stereocenters. The quantitative estimate of drug-likeness (QED) is 0.920. The van der Waals surface area contributed by atoms with E-state index >= 15 is 0 Å². The fourth-order valence-corrected chi connectivity index (χ4v) is 2.86. The standard InChI is InChI=1S/C17H18N4O4/c1-11-18-6-4-16(19-11)25-13-5-7-21(9-13)17(22)20-12-2-3-14-15(8-12)24-10-23-14/h2-4,6,8,13H,5,7,9-10H2,1H3,(H,20,22)/t13-/m1/s1. The van der Waals surface area contributed by atoms with Gasteiger partial charge in [-0.3, -0.25) is 0 Å². The predicted molar refractivity (Wildman–Crippen MR) is 89.0 cm³/mol. The third-order valence-corrected chi connectivity index (χ3v) is 4.09. The smallest absolute Gasteiger partial charge is 0.321 e. The number of carbonyl (C=O) groups excluding carboxylic acids is 1. The number of hydrogen-bond acceptors (Lipinski definition) is 6. The Labute approximate surface area is 144 Å². The van der Waals surface area contributed by atoms with E-state index in [0.717, 1.165) is 6.42 Å². The zero-order valence-electron chi connectivity index (χ0n) is 13.8. The SMILES string of the molecule is Cc1nccc(O[C@@H]2CCN(C(=O)Nc3ccc4c(c3)OCO4)C2)n1. The molecule has 0 saturated carbocycles. The Bertz CT molecular complexity index is 798. The van der Waals surface area contributed by atoms with Crippen molar-refractivity contribution in [2.75, 3.05) is 25.2 Å². The topological polar surface area (TPSA) is 85.8 Å². The normalized spacial score (nSPS) is 18.3. The van der Waals surface area contributed by atoms with E-state index in [2.05, 4.69) is 15.3 Å². The monoisotopic (exact) mass is 342 g/mol. The first kappa shape index (κ1) is 15.5. The molecule has 2 amide bonds. The van der Waals surface area contributed by atoms with Crippen LogP contribution < -0.4 is 19.5 Å². The number of amides is 2. The number of rotatable bonds is 3. The van der Waals surface area contributed by atoms with Gasteiger partial charge in [-0.1, -0.05) is 0 Å². The van der Waals surface area contributed by atoms with Crippen LogP contribution in [0.4, 0.5) is 10.5 Å². The van der Waals surface area contributed by atoms with Crippen molar-refractivity contribution in [3.63, 3.8) is 0 Å². The van der Waals surface area contributed by atoms with Gasteiger partial charge in [-0.25, -0.2) is 9.78 Å². The maximum absolute atomic E-state index is 12.4. The number of ether oxygens (including phenoxy) is 3. The number of likely N-dealkylation sites (tertiary alicyclic amines) is 1. The van der Waals surface area contributed by atoms with Gasteiger partial charge in [0.15, 0.2) is 11.5 Å². The lowest BCUT2D eigenvalue weighted by Gasteiger charge is -2.18. The molecule has 0 aliphatic carbocycles. The van der Waals surface area contributed by atoms with E-state index in [1.807, 2.05) is 6.92 Å². The third kappa shape index (κ3) is 3.42. The van der Waals surface area contributed by atoms with Crippen molar-refractivity contribution in [2.45, 2.75) is 19.4 Å². The van der Waals surface area contributed by atoms with Crippen LogP contribution in [0.25, 0.3) is 0 Å². The van der Waals surface area contributed by atoms with Crippen LogP contribution in [0.3, 0.4) is 0 Å². The summed E-state index contributed by atoms with van der Waals surface area (Å²) in [7, 11) is 0. The number of fused-ring (bicyclic) bond motifs is 1. The van der Waals surface area contributed by atoms with E-state index in [-0.39, 0.29) is 18.9 Å². The van der Waals surface area contributed by atoms with Gasteiger partial charge < -0.3 is 24.4 Å². The minimum atomic E-state index is -0.163. The van der Waals surface area contributed by atoms with Crippen LogP contribution in [-0.2, 0) is 0 Å². The zero-order valence-corrected chi connectivity index (χ0v) is 13.8. The van der Waals surface area contributed by atoms with Crippen molar-refractivity contribution in [1.29, 1.82) is 0 Å². The van der Waals surface area contributed by atoms with Gasteiger partial charge in [-0.2, -0.15) is 4.98 Å². The van der Waals surface area contributed by atoms with Crippen LogP contribution in [0.2, 0.25) is 0 Å². The lowest BCUT2D eigenvalue weighted by molar-refractivity contribution is 0.174. The number of benzene rings is 1. The molecular weight excluding hydrogens is 324 g/mol. The van der Waals surface area contributed by atoms with Gasteiger partial charge in [0.25, 0.3) is 0 Å². The Morgan fingerprint density at radius 2 is 2.20 bits per heavy atom. The maximum Gasteiger partial charge on any atom is 0.321 e. The molecule has 8 nitrogen and oxygen atoms in total. The average molecular weight is 342 g/mol. The van der Waals surface area contributed by atoms with Crippen molar-refractivity contribution >= 4 is 11.7 Å². The van der Waals surface area contributed by atoms with Crippen LogP contribution in [0.5, 0.6) is 17.4 Å². The molecule has 1 aromatic carbocycles. The molecule has 2 aliphatic heterocycles. The fourth-order valence-electron chi connectivity index (χ4n) is 2.86. The highest BCUT2D eigenvalue weighted by molar-refractivity contribution is 5.90. The summed E-state index contributed by atoms with van der Waals surface area (Å²) in [4.78, 5) is 22.4. The van der Waals surface area contributed by atoms with Crippen LogP contribution in [-0.4, -0.2) is 46.9 Å². The summed E-state index contributed by atoms with van der Waals surface area (Å²) in [5.41, 5.74) is 0.671. The van der Waals surface area contributed by atoms with E-state index in [1.54, 1.807) is 35.4 Å². The molecule has 0 bridgehead atoms. The second-order valence-electron chi connectivity index (χ2n) is 5.91. The number of anilines is 1. The maximum atomic E-state index is 12.4. The van der Waals surface area contributed by atoms with E-state index < -0.39 is 0 Å². The van der Waals surface area contributed by atoms with E-state index in [4.69, 9.17) is 14.2 Å². The Morgan fingerprint density at radius 1 is 1.32 bits per heavy atom. The molecule has 0 spiro atoms. The Balaban J connectivity index is 1.34. The van der Waals surface area contributed by atoms with Gasteiger partial charge in [0, 0.05) is 37.0 Å². The molecule has 1 fully saturated rings. The highest BCUT2D eigenvalue weighted by atomic mass is 16.7. The summed E-state index contributed by atoms with van der Waals surface area (Å²) in [5.74, 6) is 2.52. The van der Waals surface area contributed by atoms with Crippen molar-refractivity contribution in [3.8, 4) is 17.4 Å². The molecule has 8 heteroatoms. The lowest BCUT2D eigenvalue weighted by Crippen LogP contribution is -2.34. The molecule has 2 aliphatic rings. The number of aryl methyl sites for hydroxylation is 1.